The van der Waals surface area contributed by atoms with Crippen LogP contribution in [0.5, 0.6) is 0 Å². The van der Waals surface area contributed by atoms with E-state index in [1.165, 1.54) is 12.1 Å². The number of para-hydroxylation sites is 1. The summed E-state index contributed by atoms with van der Waals surface area (Å²) in [5, 5.41) is 5.04. The smallest absolute Gasteiger partial charge is 0.353 e. The van der Waals surface area contributed by atoms with Crippen molar-refractivity contribution in [3.63, 3.8) is 0 Å². The second-order valence-corrected chi connectivity index (χ2v) is 7.54. The van der Waals surface area contributed by atoms with Crippen LogP contribution in [-0.4, -0.2) is 66.9 Å². The van der Waals surface area contributed by atoms with Gasteiger partial charge in [0.05, 0.1) is 29.4 Å². The first-order valence-corrected chi connectivity index (χ1v) is 9.87. The number of hydrogen-bond acceptors (Lipinski definition) is 4. The number of amides is 2. The summed E-state index contributed by atoms with van der Waals surface area (Å²) in [4.78, 5) is 28.0. The highest BCUT2D eigenvalue weighted by Gasteiger charge is 2.35. The molecule has 2 amide bonds. The third-order valence-electron chi connectivity index (χ3n) is 4.80. The van der Waals surface area contributed by atoms with Crippen molar-refractivity contribution in [1.29, 1.82) is 0 Å². The zero-order valence-electron chi connectivity index (χ0n) is 16.5. The standard InChI is InChI=1S/C19H26ClF3N4O2/c1-3-13(2)24-16(28)11-26-7-9-27(10-8-26)12-17(29)25-18-14(19(21,22)23)5-4-6-15(18)20/h4-6,13H,3,7-12H2,1-2H3,(H,24,28)(H,25,29). The van der Waals surface area contributed by atoms with Crippen LogP contribution in [0.25, 0.3) is 0 Å². The fourth-order valence-corrected chi connectivity index (χ4v) is 3.22. The third kappa shape index (κ3) is 7.17. The highest BCUT2D eigenvalue weighted by atomic mass is 35.5. The predicted molar refractivity (Wildman–Crippen MR) is 106 cm³/mol. The number of nitrogens with one attached hydrogen (secondary N) is 2. The van der Waals surface area contributed by atoms with E-state index >= 15 is 0 Å². The zero-order valence-corrected chi connectivity index (χ0v) is 17.2. The zero-order chi connectivity index (χ0) is 21.6. The van der Waals surface area contributed by atoms with E-state index in [0.29, 0.717) is 32.7 Å². The molecule has 6 nitrogen and oxygen atoms in total. The SMILES string of the molecule is CCC(C)NC(=O)CN1CCN(CC(=O)Nc2c(Cl)cccc2C(F)(F)F)CC1. The average molecular weight is 435 g/mol. The van der Waals surface area contributed by atoms with Crippen molar-refractivity contribution >= 4 is 29.1 Å². The Morgan fingerprint density at radius 3 is 2.17 bits per heavy atom. The van der Waals surface area contributed by atoms with Crippen molar-refractivity contribution in [3.05, 3.63) is 28.8 Å². The molecule has 162 valence electrons. The maximum Gasteiger partial charge on any atom is 0.418 e. The van der Waals surface area contributed by atoms with E-state index in [2.05, 4.69) is 10.6 Å². The Morgan fingerprint density at radius 2 is 1.66 bits per heavy atom. The van der Waals surface area contributed by atoms with Crippen LogP contribution in [0.4, 0.5) is 18.9 Å². The first-order valence-electron chi connectivity index (χ1n) is 9.49. The summed E-state index contributed by atoms with van der Waals surface area (Å²) < 4.78 is 39.4. The first-order chi connectivity index (χ1) is 13.6. The number of rotatable bonds is 7. The molecule has 0 spiro atoms. The Kier molecular flexibility index (Phi) is 8.30. The Labute approximate surface area is 173 Å². The average Bonchev–Trinajstić information content (AvgIpc) is 2.63. The molecule has 1 atom stereocenters. The molecule has 0 aromatic heterocycles. The molecule has 1 unspecified atom stereocenters. The van der Waals surface area contributed by atoms with Gasteiger partial charge in [-0.15, -0.1) is 0 Å². The largest absolute Gasteiger partial charge is 0.418 e. The molecule has 2 N–H and O–H groups in total. The van der Waals surface area contributed by atoms with Gasteiger partial charge < -0.3 is 10.6 Å². The summed E-state index contributed by atoms with van der Waals surface area (Å²) in [7, 11) is 0. The van der Waals surface area contributed by atoms with Crippen LogP contribution in [-0.2, 0) is 15.8 Å². The molecule has 2 rings (SSSR count). The van der Waals surface area contributed by atoms with Crippen LogP contribution < -0.4 is 10.6 Å². The minimum atomic E-state index is -4.62. The third-order valence-corrected chi connectivity index (χ3v) is 5.12. The van der Waals surface area contributed by atoms with Gasteiger partial charge in [-0.3, -0.25) is 19.4 Å². The van der Waals surface area contributed by atoms with Crippen LogP contribution in [0.2, 0.25) is 5.02 Å². The van der Waals surface area contributed by atoms with E-state index in [1.54, 1.807) is 0 Å². The van der Waals surface area contributed by atoms with Gasteiger partial charge >= 0.3 is 6.18 Å². The number of piperazine rings is 1. The summed E-state index contributed by atoms with van der Waals surface area (Å²) in [5.74, 6) is -0.601. The lowest BCUT2D eigenvalue weighted by Gasteiger charge is -2.34. The molecule has 1 aliphatic heterocycles. The van der Waals surface area contributed by atoms with E-state index in [0.717, 1.165) is 12.5 Å². The molecule has 1 heterocycles. The van der Waals surface area contributed by atoms with E-state index in [1.807, 2.05) is 23.6 Å². The second kappa shape index (κ2) is 10.3. The quantitative estimate of drug-likeness (QED) is 0.692. The molecule has 1 saturated heterocycles. The maximum atomic E-state index is 13.1. The van der Waals surface area contributed by atoms with E-state index in [4.69, 9.17) is 11.6 Å². The molecule has 0 saturated carbocycles. The number of benzene rings is 1. The van der Waals surface area contributed by atoms with Crippen LogP contribution in [0.3, 0.4) is 0 Å². The van der Waals surface area contributed by atoms with Gasteiger partial charge in [0.25, 0.3) is 0 Å². The highest BCUT2D eigenvalue weighted by Crippen LogP contribution is 2.38. The van der Waals surface area contributed by atoms with Crippen LogP contribution >= 0.6 is 11.6 Å². The van der Waals surface area contributed by atoms with Crippen molar-refractivity contribution in [1.82, 2.24) is 15.1 Å². The second-order valence-electron chi connectivity index (χ2n) is 7.14. The van der Waals surface area contributed by atoms with Crippen molar-refractivity contribution < 1.29 is 22.8 Å². The molecule has 1 fully saturated rings. The highest BCUT2D eigenvalue weighted by molar-refractivity contribution is 6.34. The first kappa shape index (κ1) is 23.4. The van der Waals surface area contributed by atoms with Gasteiger partial charge in [0.1, 0.15) is 0 Å². The number of halogens is 4. The van der Waals surface area contributed by atoms with Gasteiger partial charge in [0, 0.05) is 32.2 Å². The minimum Gasteiger partial charge on any atom is -0.353 e. The molecule has 1 aromatic carbocycles. The van der Waals surface area contributed by atoms with Crippen molar-refractivity contribution in [2.75, 3.05) is 44.6 Å². The van der Waals surface area contributed by atoms with Gasteiger partial charge in [-0.1, -0.05) is 24.6 Å². The molecule has 0 radical (unpaired) electrons. The molecule has 0 bridgehead atoms. The topological polar surface area (TPSA) is 64.7 Å². The Morgan fingerprint density at radius 1 is 1.10 bits per heavy atom. The summed E-state index contributed by atoms with van der Waals surface area (Å²) in [6.45, 7) is 6.46. The van der Waals surface area contributed by atoms with E-state index in [-0.39, 0.29) is 23.5 Å². The fourth-order valence-electron chi connectivity index (χ4n) is 3.00. The molecule has 10 heteroatoms. The lowest BCUT2D eigenvalue weighted by atomic mass is 10.1. The van der Waals surface area contributed by atoms with E-state index < -0.39 is 23.3 Å². The number of carbonyl (C=O) groups excluding carboxylic acids is 2. The molecule has 1 aromatic rings. The molecular weight excluding hydrogens is 409 g/mol. The summed E-state index contributed by atoms with van der Waals surface area (Å²) in [6.07, 6.45) is -3.76. The Balaban J connectivity index is 1.85. The molecule has 1 aliphatic rings. The number of alkyl halides is 3. The van der Waals surface area contributed by atoms with Crippen molar-refractivity contribution in [3.8, 4) is 0 Å². The number of anilines is 1. The van der Waals surface area contributed by atoms with Gasteiger partial charge in [-0.25, -0.2) is 0 Å². The Bertz CT molecular complexity index is 722. The molecule has 29 heavy (non-hydrogen) atoms. The van der Waals surface area contributed by atoms with Gasteiger partial charge in [0.2, 0.25) is 11.8 Å². The van der Waals surface area contributed by atoms with Gasteiger partial charge in [0.15, 0.2) is 0 Å². The summed E-state index contributed by atoms with van der Waals surface area (Å²) in [6, 6.07) is 3.50. The number of carbonyl (C=O) groups is 2. The van der Waals surface area contributed by atoms with Crippen LogP contribution in [0.1, 0.15) is 25.8 Å². The normalized spacial score (nSPS) is 17.0. The predicted octanol–water partition coefficient (Wildman–Crippen LogP) is 2.83. The monoisotopic (exact) mass is 434 g/mol. The number of hydrogen-bond donors (Lipinski definition) is 2. The summed E-state index contributed by atoms with van der Waals surface area (Å²) in [5.41, 5.74) is -1.40. The molecule has 0 aliphatic carbocycles. The summed E-state index contributed by atoms with van der Waals surface area (Å²) >= 11 is 5.86. The van der Waals surface area contributed by atoms with E-state index in [9.17, 15) is 22.8 Å². The van der Waals surface area contributed by atoms with Crippen LogP contribution in [0, 0.1) is 0 Å². The lowest BCUT2D eigenvalue weighted by molar-refractivity contribution is -0.137. The Hall–Kier alpha value is -1.84. The lowest BCUT2D eigenvalue weighted by Crippen LogP contribution is -2.51. The van der Waals surface area contributed by atoms with Gasteiger partial charge in [-0.05, 0) is 25.5 Å². The van der Waals surface area contributed by atoms with Crippen molar-refractivity contribution in [2.24, 2.45) is 0 Å². The molecular formula is C19H26ClF3N4O2. The fraction of sp³-hybridized carbons (Fsp3) is 0.579. The van der Waals surface area contributed by atoms with Gasteiger partial charge in [-0.2, -0.15) is 13.2 Å². The van der Waals surface area contributed by atoms with Crippen LogP contribution in [0.15, 0.2) is 18.2 Å². The maximum absolute atomic E-state index is 13.1. The minimum absolute atomic E-state index is 0.0380. The van der Waals surface area contributed by atoms with Crippen molar-refractivity contribution in [2.45, 2.75) is 32.5 Å². The number of nitrogens with zero attached hydrogens (tertiary/aromatic N) is 2.